The number of carbonyl (C=O) groups excluding carboxylic acids is 1. The summed E-state index contributed by atoms with van der Waals surface area (Å²) in [6, 6.07) is 38.4. The maximum Gasteiger partial charge on any atom is 0.338 e. The largest absolute Gasteiger partial charge is 0.497 e. The van der Waals surface area contributed by atoms with E-state index in [2.05, 4.69) is 109 Å². The maximum atomic E-state index is 13.2. The maximum absolute atomic E-state index is 13.2. The predicted molar refractivity (Wildman–Crippen MR) is 199 cm³/mol. The molecule has 0 fully saturated rings. The summed E-state index contributed by atoms with van der Waals surface area (Å²) in [5, 5.41) is 2.38. The highest BCUT2D eigenvalue weighted by atomic mass is 28.4. The first-order chi connectivity index (χ1) is 22.9. The van der Waals surface area contributed by atoms with Crippen molar-refractivity contribution in [1.29, 1.82) is 0 Å². The fourth-order valence-corrected chi connectivity index (χ4v) is 11.1. The van der Waals surface area contributed by atoms with Crippen molar-refractivity contribution in [3.05, 3.63) is 139 Å². The van der Waals surface area contributed by atoms with Gasteiger partial charge in [-0.2, -0.15) is 0 Å². The minimum atomic E-state index is -2.72. The van der Waals surface area contributed by atoms with Crippen LogP contribution >= 0.6 is 0 Å². The van der Waals surface area contributed by atoms with Crippen molar-refractivity contribution >= 4 is 24.7 Å². The second-order valence-corrected chi connectivity index (χ2v) is 18.5. The first kappa shape index (κ1) is 36.9. The van der Waals surface area contributed by atoms with Crippen LogP contribution < -0.4 is 15.1 Å². The normalized spacial score (nSPS) is 14.1. The van der Waals surface area contributed by atoms with Crippen LogP contribution in [-0.2, 0) is 20.5 Å². The van der Waals surface area contributed by atoms with Crippen LogP contribution in [0.25, 0.3) is 0 Å². The molecule has 0 aliphatic carbocycles. The smallest absolute Gasteiger partial charge is 0.338 e. The predicted octanol–water partition coefficient (Wildman–Crippen LogP) is 8.62. The Bertz CT molecular complexity index is 1520. The fraction of sp³-hybridized carbons (Fsp3) is 0.357. The summed E-state index contributed by atoms with van der Waals surface area (Å²) >= 11 is 0. The average molecular weight is 665 g/mol. The van der Waals surface area contributed by atoms with Gasteiger partial charge in [0.15, 0.2) is 0 Å². The van der Waals surface area contributed by atoms with Crippen molar-refractivity contribution in [2.45, 2.75) is 71.8 Å². The van der Waals surface area contributed by atoms with Gasteiger partial charge >= 0.3 is 5.97 Å². The van der Waals surface area contributed by atoms with Crippen LogP contribution in [0.4, 0.5) is 0 Å². The molecule has 254 valence electrons. The summed E-state index contributed by atoms with van der Waals surface area (Å²) in [5.74, 6) is 0.539. The summed E-state index contributed by atoms with van der Waals surface area (Å²) in [6.07, 6.45) is 1.53. The minimum Gasteiger partial charge on any atom is -0.497 e. The molecule has 0 spiro atoms. The lowest BCUT2D eigenvalue weighted by molar-refractivity contribution is -0.0936. The monoisotopic (exact) mass is 664 g/mol. The van der Waals surface area contributed by atoms with E-state index >= 15 is 0 Å². The standard InChI is InChI=1S/C42H52O5Si/c1-9-38(47-40(43)34-19-13-10-14-20-34)42(6,7)39(45-31-33-25-27-35(44-8)28-26-33)29-32(2)30-46-48(41(3,4)5,36-21-15-11-16-22-36)37-23-17-12-18-24-37/h9-28,32,38-39H,1,29-31H2,2-8H3/t32-,38-,39-/m1/s1. The fourth-order valence-electron chi connectivity index (χ4n) is 6.41. The van der Waals surface area contributed by atoms with Crippen molar-refractivity contribution < 1.29 is 23.4 Å². The third kappa shape index (κ3) is 8.73. The molecule has 4 aromatic rings. The molecular weight excluding hydrogens is 613 g/mol. The Morgan fingerprint density at radius 2 is 1.31 bits per heavy atom. The van der Waals surface area contributed by atoms with E-state index in [4.69, 9.17) is 18.6 Å². The molecule has 0 N–H and O–H groups in total. The molecule has 0 amide bonds. The summed E-state index contributed by atoms with van der Waals surface area (Å²) < 4.78 is 25.5. The van der Waals surface area contributed by atoms with Crippen molar-refractivity contribution in [2.75, 3.05) is 13.7 Å². The Balaban J connectivity index is 1.62. The zero-order valence-electron chi connectivity index (χ0n) is 29.6. The van der Waals surface area contributed by atoms with Gasteiger partial charge in [-0.15, -0.1) is 0 Å². The minimum absolute atomic E-state index is 0.126. The summed E-state index contributed by atoms with van der Waals surface area (Å²) in [7, 11) is -1.06. The molecule has 5 nitrogen and oxygen atoms in total. The second kappa shape index (κ2) is 16.4. The van der Waals surface area contributed by atoms with E-state index in [-0.39, 0.29) is 23.0 Å². The summed E-state index contributed by atoms with van der Waals surface area (Å²) in [5.41, 5.74) is 0.928. The summed E-state index contributed by atoms with van der Waals surface area (Å²) in [4.78, 5) is 13.2. The topological polar surface area (TPSA) is 54.0 Å². The molecule has 0 radical (unpaired) electrons. The molecule has 0 aliphatic rings. The van der Waals surface area contributed by atoms with E-state index in [1.54, 1.807) is 25.3 Å². The van der Waals surface area contributed by atoms with E-state index in [9.17, 15) is 4.79 Å². The van der Waals surface area contributed by atoms with E-state index in [1.807, 2.05) is 42.5 Å². The van der Waals surface area contributed by atoms with Crippen molar-refractivity contribution in [1.82, 2.24) is 0 Å². The molecule has 6 heteroatoms. The van der Waals surface area contributed by atoms with Crippen LogP contribution in [0.5, 0.6) is 5.75 Å². The Kier molecular flexibility index (Phi) is 12.6. The van der Waals surface area contributed by atoms with Crippen molar-refractivity contribution in [3.8, 4) is 5.75 Å². The molecule has 4 aromatic carbocycles. The van der Waals surface area contributed by atoms with Gasteiger partial charge in [-0.25, -0.2) is 4.79 Å². The zero-order chi connectivity index (χ0) is 34.8. The Labute approximate surface area is 289 Å². The highest BCUT2D eigenvalue weighted by Crippen LogP contribution is 2.39. The molecule has 0 aliphatic heterocycles. The number of benzene rings is 4. The van der Waals surface area contributed by atoms with Crippen molar-refractivity contribution in [2.24, 2.45) is 11.3 Å². The van der Waals surface area contributed by atoms with Crippen LogP contribution in [0.2, 0.25) is 5.04 Å². The number of methoxy groups -OCH3 is 1. The Morgan fingerprint density at radius 1 is 0.792 bits per heavy atom. The van der Waals surface area contributed by atoms with Crippen LogP contribution in [-0.4, -0.2) is 40.2 Å². The lowest BCUT2D eigenvalue weighted by Crippen LogP contribution is -2.66. The average Bonchev–Trinajstić information content (AvgIpc) is 3.10. The van der Waals surface area contributed by atoms with Crippen LogP contribution in [0.15, 0.2) is 128 Å². The molecular formula is C42H52O5Si. The molecule has 0 saturated heterocycles. The van der Waals surface area contributed by atoms with Gasteiger partial charge in [0.1, 0.15) is 11.9 Å². The van der Waals surface area contributed by atoms with Gasteiger partial charge in [-0.05, 0) is 57.6 Å². The van der Waals surface area contributed by atoms with Gasteiger partial charge in [0.05, 0.1) is 25.4 Å². The molecule has 0 bridgehead atoms. The molecule has 4 rings (SSSR count). The van der Waals surface area contributed by atoms with Gasteiger partial charge in [0.2, 0.25) is 0 Å². The highest BCUT2D eigenvalue weighted by molar-refractivity contribution is 6.99. The third-order valence-electron chi connectivity index (χ3n) is 9.25. The zero-order valence-corrected chi connectivity index (χ0v) is 30.6. The Hall–Kier alpha value is -3.97. The summed E-state index contributed by atoms with van der Waals surface area (Å²) in [6.45, 7) is 18.3. The number of hydrogen-bond acceptors (Lipinski definition) is 5. The van der Waals surface area contributed by atoms with Gasteiger partial charge in [-0.1, -0.05) is 145 Å². The van der Waals surface area contributed by atoms with E-state index in [0.717, 1.165) is 11.3 Å². The number of ether oxygens (including phenoxy) is 3. The SMILES string of the molecule is C=C[C@@H](OC(=O)c1ccccc1)C(C)(C)[C@@H](C[C@@H](C)CO[Si](c1ccccc1)(c1ccccc1)C(C)(C)C)OCc1ccc(OC)cc1. The third-order valence-corrected chi connectivity index (χ3v) is 14.3. The first-order valence-corrected chi connectivity index (χ1v) is 18.7. The van der Waals surface area contributed by atoms with Gasteiger partial charge in [0, 0.05) is 12.0 Å². The molecule has 0 unspecified atom stereocenters. The quantitative estimate of drug-likeness (QED) is 0.0682. The second-order valence-electron chi connectivity index (χ2n) is 14.2. The number of hydrogen-bond donors (Lipinski definition) is 0. The number of esters is 1. The molecule has 3 atom stereocenters. The highest BCUT2D eigenvalue weighted by Gasteiger charge is 2.50. The van der Waals surface area contributed by atoms with Gasteiger partial charge in [0.25, 0.3) is 8.32 Å². The van der Waals surface area contributed by atoms with E-state index < -0.39 is 19.8 Å². The number of carbonyl (C=O) groups is 1. The van der Waals surface area contributed by atoms with Crippen molar-refractivity contribution in [3.63, 3.8) is 0 Å². The lowest BCUT2D eigenvalue weighted by Gasteiger charge is -2.44. The first-order valence-electron chi connectivity index (χ1n) is 16.8. The van der Waals surface area contributed by atoms with Gasteiger partial charge < -0.3 is 18.6 Å². The molecule has 0 heterocycles. The van der Waals surface area contributed by atoms with Crippen LogP contribution in [0.1, 0.15) is 63.9 Å². The molecule has 0 aromatic heterocycles. The van der Waals surface area contributed by atoms with Crippen LogP contribution in [0.3, 0.4) is 0 Å². The van der Waals surface area contributed by atoms with E-state index in [0.29, 0.717) is 25.2 Å². The van der Waals surface area contributed by atoms with Crippen LogP contribution in [0, 0.1) is 11.3 Å². The molecule has 48 heavy (non-hydrogen) atoms. The van der Waals surface area contributed by atoms with Gasteiger partial charge in [-0.3, -0.25) is 0 Å². The lowest BCUT2D eigenvalue weighted by atomic mass is 9.77. The molecule has 0 saturated carbocycles. The Morgan fingerprint density at radius 3 is 1.79 bits per heavy atom. The number of rotatable bonds is 16. The van der Waals surface area contributed by atoms with E-state index in [1.165, 1.54) is 10.4 Å².